The van der Waals surface area contributed by atoms with E-state index in [1.54, 1.807) is 49.1 Å². The van der Waals surface area contributed by atoms with E-state index in [9.17, 15) is 14.4 Å². The third-order valence-electron chi connectivity index (χ3n) is 4.83. The van der Waals surface area contributed by atoms with Gasteiger partial charge >= 0.3 is 0 Å². The highest BCUT2D eigenvalue weighted by Crippen LogP contribution is 2.34. The summed E-state index contributed by atoms with van der Waals surface area (Å²) in [4.78, 5) is 38.3. The Kier molecular flexibility index (Phi) is 4.84. The van der Waals surface area contributed by atoms with E-state index in [1.165, 1.54) is 0 Å². The van der Waals surface area contributed by atoms with Crippen molar-refractivity contribution in [3.8, 4) is 11.5 Å². The summed E-state index contributed by atoms with van der Waals surface area (Å²) in [5.74, 6) is 0.518. The number of nitrogens with one attached hydrogen (secondary N) is 2. The molecular weight excluding hydrogens is 374 g/mol. The van der Waals surface area contributed by atoms with E-state index < -0.39 is 12.2 Å². The molecule has 0 fully saturated rings. The maximum atomic E-state index is 12.5. The van der Waals surface area contributed by atoms with E-state index in [2.05, 4.69) is 10.6 Å². The predicted molar refractivity (Wildman–Crippen MR) is 107 cm³/mol. The minimum atomic E-state index is -0.598. The number of nitrogens with zero attached hydrogens (tertiary/aromatic N) is 1. The topological polar surface area (TPSA) is 97.0 Å². The molecule has 8 nitrogen and oxygen atoms in total. The summed E-state index contributed by atoms with van der Waals surface area (Å²) in [6.45, 7) is 3.59. The number of para-hydroxylation sites is 2. The van der Waals surface area contributed by atoms with Crippen molar-refractivity contribution in [2.24, 2.45) is 0 Å². The molecule has 2 N–H and O–H groups in total. The molecule has 2 heterocycles. The number of hydrogen-bond donors (Lipinski definition) is 2. The van der Waals surface area contributed by atoms with Gasteiger partial charge < -0.3 is 25.0 Å². The van der Waals surface area contributed by atoms with Gasteiger partial charge in [-0.15, -0.1) is 0 Å². The number of benzene rings is 2. The molecule has 4 rings (SSSR count). The minimum Gasteiger partial charge on any atom is -0.479 e. The fourth-order valence-electron chi connectivity index (χ4n) is 3.31. The van der Waals surface area contributed by atoms with Gasteiger partial charge in [-0.25, -0.2) is 0 Å². The lowest BCUT2D eigenvalue weighted by molar-refractivity contribution is -0.125. The molecule has 2 atom stereocenters. The second-order valence-corrected chi connectivity index (χ2v) is 6.98. The van der Waals surface area contributed by atoms with Gasteiger partial charge in [0.15, 0.2) is 12.2 Å². The monoisotopic (exact) mass is 395 g/mol. The number of rotatable bonds is 4. The van der Waals surface area contributed by atoms with E-state index in [-0.39, 0.29) is 30.7 Å². The smallest absolute Gasteiger partial charge is 0.267 e. The normalized spacial score (nSPS) is 20.0. The average Bonchev–Trinajstić information content (AvgIpc) is 2.69. The van der Waals surface area contributed by atoms with Gasteiger partial charge in [-0.1, -0.05) is 12.1 Å². The first kappa shape index (κ1) is 18.8. The molecule has 0 aliphatic carbocycles. The molecule has 3 amide bonds. The van der Waals surface area contributed by atoms with E-state index in [1.807, 2.05) is 12.1 Å². The summed E-state index contributed by atoms with van der Waals surface area (Å²) in [5.41, 5.74) is 1.71. The lowest BCUT2D eigenvalue weighted by atomic mass is 10.1. The number of carbonyl (C=O) groups excluding carboxylic acids is 3. The Morgan fingerprint density at radius 1 is 1.07 bits per heavy atom. The van der Waals surface area contributed by atoms with Crippen LogP contribution in [-0.2, 0) is 14.4 Å². The van der Waals surface area contributed by atoms with Gasteiger partial charge in [0.1, 0.15) is 11.5 Å². The first-order valence-corrected chi connectivity index (χ1v) is 9.41. The number of carbonyl (C=O) groups is 3. The van der Waals surface area contributed by atoms with Crippen LogP contribution in [0, 0.1) is 0 Å². The van der Waals surface area contributed by atoms with Crippen LogP contribution in [0.3, 0.4) is 0 Å². The van der Waals surface area contributed by atoms with E-state index in [0.717, 1.165) is 0 Å². The molecule has 29 heavy (non-hydrogen) atoms. The van der Waals surface area contributed by atoms with Crippen molar-refractivity contribution in [1.82, 2.24) is 0 Å². The van der Waals surface area contributed by atoms with Crippen molar-refractivity contribution in [2.75, 3.05) is 22.1 Å². The van der Waals surface area contributed by atoms with Crippen LogP contribution in [0.4, 0.5) is 17.1 Å². The predicted octanol–water partition coefficient (Wildman–Crippen LogP) is 2.55. The zero-order valence-electron chi connectivity index (χ0n) is 16.1. The summed E-state index contributed by atoms with van der Waals surface area (Å²) in [5, 5.41) is 5.54. The second-order valence-electron chi connectivity index (χ2n) is 6.98. The number of hydrogen-bond acceptors (Lipinski definition) is 5. The lowest BCUT2D eigenvalue weighted by Crippen LogP contribution is -2.45. The highest BCUT2D eigenvalue weighted by molar-refractivity contribution is 6.01. The Labute approximate surface area is 167 Å². The van der Waals surface area contributed by atoms with Crippen LogP contribution in [0.1, 0.15) is 20.3 Å². The van der Waals surface area contributed by atoms with E-state index >= 15 is 0 Å². The fraction of sp³-hybridized carbons (Fsp3) is 0.286. The minimum absolute atomic E-state index is 0.115. The second kappa shape index (κ2) is 7.46. The van der Waals surface area contributed by atoms with Crippen molar-refractivity contribution in [1.29, 1.82) is 0 Å². The van der Waals surface area contributed by atoms with E-state index in [4.69, 9.17) is 9.47 Å². The maximum Gasteiger partial charge on any atom is 0.267 e. The van der Waals surface area contributed by atoms with Gasteiger partial charge in [0.25, 0.3) is 11.8 Å². The Morgan fingerprint density at radius 3 is 2.66 bits per heavy atom. The molecule has 2 aliphatic heterocycles. The van der Waals surface area contributed by atoms with Crippen LogP contribution in [0.25, 0.3) is 0 Å². The molecule has 2 aromatic rings. The van der Waals surface area contributed by atoms with E-state index in [0.29, 0.717) is 28.6 Å². The molecule has 0 radical (unpaired) electrons. The van der Waals surface area contributed by atoms with Gasteiger partial charge in [0, 0.05) is 18.7 Å². The Bertz CT molecular complexity index is 990. The summed E-state index contributed by atoms with van der Waals surface area (Å²) >= 11 is 0. The van der Waals surface area contributed by atoms with Crippen molar-refractivity contribution in [3.05, 3.63) is 42.5 Å². The zero-order valence-corrected chi connectivity index (χ0v) is 16.1. The SMILES string of the molecule is CC1Oc2ccc(NC(=O)CCN3C(=O)C(C)Oc4ccccc43)cc2NC1=O. The molecule has 0 saturated carbocycles. The third kappa shape index (κ3) is 3.73. The number of amides is 3. The molecule has 8 heteroatoms. The first-order chi connectivity index (χ1) is 13.9. The van der Waals surface area contributed by atoms with Crippen LogP contribution >= 0.6 is 0 Å². The van der Waals surface area contributed by atoms with Crippen molar-refractivity contribution in [2.45, 2.75) is 32.5 Å². The Hall–Kier alpha value is -3.55. The quantitative estimate of drug-likeness (QED) is 0.829. The molecular formula is C21H21N3O5. The van der Waals surface area contributed by atoms with Crippen molar-refractivity contribution < 1.29 is 23.9 Å². The standard InChI is InChI=1S/C21H21N3O5/c1-12-20(26)23-15-11-14(7-8-17(15)28-12)22-19(25)9-10-24-16-5-3-4-6-18(16)29-13(2)21(24)27/h3-8,11-13H,9-10H2,1-2H3,(H,22,25)(H,23,26). The van der Waals surface area contributed by atoms with Gasteiger partial charge in [-0.05, 0) is 44.2 Å². The van der Waals surface area contributed by atoms with Crippen LogP contribution in [0.15, 0.2) is 42.5 Å². The van der Waals surface area contributed by atoms with Crippen molar-refractivity contribution >= 4 is 34.8 Å². The number of ether oxygens (including phenoxy) is 2. The van der Waals surface area contributed by atoms with Gasteiger partial charge in [0.05, 0.1) is 11.4 Å². The average molecular weight is 395 g/mol. The first-order valence-electron chi connectivity index (χ1n) is 9.41. The summed E-state index contributed by atoms with van der Waals surface area (Å²) in [7, 11) is 0. The molecule has 2 aliphatic rings. The molecule has 0 aromatic heterocycles. The van der Waals surface area contributed by atoms with Gasteiger partial charge in [-0.2, -0.15) is 0 Å². The number of anilines is 3. The molecule has 2 unspecified atom stereocenters. The van der Waals surface area contributed by atoms with Crippen molar-refractivity contribution in [3.63, 3.8) is 0 Å². The molecule has 150 valence electrons. The maximum absolute atomic E-state index is 12.5. The molecule has 0 saturated heterocycles. The third-order valence-corrected chi connectivity index (χ3v) is 4.83. The van der Waals surface area contributed by atoms with Gasteiger partial charge in [0.2, 0.25) is 5.91 Å². The van der Waals surface area contributed by atoms with Crippen LogP contribution in [-0.4, -0.2) is 36.5 Å². The Balaban J connectivity index is 1.42. The van der Waals surface area contributed by atoms with Crippen LogP contribution in [0.2, 0.25) is 0 Å². The largest absolute Gasteiger partial charge is 0.479 e. The summed E-state index contributed by atoms with van der Waals surface area (Å²) in [6, 6.07) is 12.3. The zero-order chi connectivity index (χ0) is 20.5. The summed E-state index contributed by atoms with van der Waals surface area (Å²) < 4.78 is 11.1. The number of fused-ring (bicyclic) bond motifs is 2. The molecule has 0 spiro atoms. The Morgan fingerprint density at radius 2 is 1.83 bits per heavy atom. The molecule has 2 aromatic carbocycles. The molecule has 0 bridgehead atoms. The highest BCUT2D eigenvalue weighted by Gasteiger charge is 2.31. The summed E-state index contributed by atoms with van der Waals surface area (Å²) in [6.07, 6.45) is -1.04. The highest BCUT2D eigenvalue weighted by atomic mass is 16.5. The van der Waals surface area contributed by atoms with Crippen LogP contribution < -0.4 is 25.0 Å². The fourth-order valence-corrected chi connectivity index (χ4v) is 3.31. The van der Waals surface area contributed by atoms with Gasteiger partial charge in [-0.3, -0.25) is 14.4 Å². The van der Waals surface area contributed by atoms with Crippen LogP contribution in [0.5, 0.6) is 11.5 Å². The lowest BCUT2D eigenvalue weighted by Gasteiger charge is -2.32.